The van der Waals surface area contributed by atoms with Crippen molar-refractivity contribution in [3.05, 3.63) is 0 Å². The zero-order valence-corrected chi connectivity index (χ0v) is 8.16. The molecule has 0 amide bonds. The van der Waals surface area contributed by atoms with Crippen molar-refractivity contribution in [1.29, 1.82) is 0 Å². The first-order chi connectivity index (χ1) is 5.22. The van der Waals surface area contributed by atoms with Crippen LogP contribution in [0, 0.1) is 5.92 Å². The van der Waals surface area contributed by atoms with Gasteiger partial charge in [0, 0.05) is 0 Å². The summed E-state index contributed by atoms with van der Waals surface area (Å²) < 4.78 is 5.71. The number of alkyl halides is 1. The number of hydrogen-bond donors (Lipinski definition) is 0. The first kappa shape index (κ1) is 9.34. The molecule has 0 aliphatic carbocycles. The van der Waals surface area contributed by atoms with Gasteiger partial charge in [0.1, 0.15) is 0 Å². The summed E-state index contributed by atoms with van der Waals surface area (Å²) in [4.78, 5) is 0. The number of rotatable bonds is 3. The Labute approximate surface area is 74.1 Å². The van der Waals surface area contributed by atoms with E-state index in [2.05, 4.69) is 13.8 Å². The maximum Gasteiger partial charge on any atom is 0.0820 e. The van der Waals surface area contributed by atoms with Gasteiger partial charge in [-0.15, -0.1) is 11.6 Å². The Morgan fingerprint density at radius 2 is 2.36 bits per heavy atom. The molecule has 1 rings (SSSR count). The van der Waals surface area contributed by atoms with Crippen LogP contribution in [0.2, 0.25) is 0 Å². The van der Waals surface area contributed by atoms with Gasteiger partial charge < -0.3 is 4.74 Å². The van der Waals surface area contributed by atoms with Crippen LogP contribution < -0.4 is 0 Å². The SMILES string of the molecule is CCCC1(CCl)CC(C)CO1. The molecule has 1 aliphatic heterocycles. The maximum atomic E-state index is 5.88. The Morgan fingerprint density at radius 3 is 2.73 bits per heavy atom. The highest BCUT2D eigenvalue weighted by molar-refractivity contribution is 6.18. The van der Waals surface area contributed by atoms with Gasteiger partial charge >= 0.3 is 0 Å². The average Bonchev–Trinajstić information content (AvgIpc) is 2.34. The van der Waals surface area contributed by atoms with E-state index in [1.54, 1.807) is 0 Å². The van der Waals surface area contributed by atoms with E-state index in [4.69, 9.17) is 16.3 Å². The van der Waals surface area contributed by atoms with Crippen LogP contribution in [0.1, 0.15) is 33.1 Å². The first-order valence-electron chi connectivity index (χ1n) is 4.42. The van der Waals surface area contributed by atoms with E-state index in [1.165, 1.54) is 6.42 Å². The van der Waals surface area contributed by atoms with Crippen LogP contribution in [0.3, 0.4) is 0 Å². The molecule has 11 heavy (non-hydrogen) atoms. The van der Waals surface area contributed by atoms with Gasteiger partial charge in [-0.05, 0) is 18.8 Å². The van der Waals surface area contributed by atoms with Crippen molar-refractivity contribution in [3.63, 3.8) is 0 Å². The zero-order valence-electron chi connectivity index (χ0n) is 7.40. The highest BCUT2D eigenvalue weighted by atomic mass is 35.5. The molecule has 1 aliphatic rings. The smallest absolute Gasteiger partial charge is 0.0820 e. The molecule has 1 saturated heterocycles. The number of hydrogen-bond acceptors (Lipinski definition) is 1. The third kappa shape index (κ3) is 2.09. The van der Waals surface area contributed by atoms with Crippen molar-refractivity contribution in [2.45, 2.75) is 38.7 Å². The molecule has 1 fully saturated rings. The third-order valence-corrected chi connectivity index (χ3v) is 2.83. The molecule has 2 unspecified atom stereocenters. The third-order valence-electron chi connectivity index (χ3n) is 2.34. The minimum absolute atomic E-state index is 0.0235. The number of ether oxygens (including phenoxy) is 1. The fourth-order valence-electron chi connectivity index (χ4n) is 1.86. The van der Waals surface area contributed by atoms with Crippen molar-refractivity contribution >= 4 is 11.6 Å². The molecule has 0 aromatic heterocycles. The van der Waals surface area contributed by atoms with E-state index >= 15 is 0 Å². The van der Waals surface area contributed by atoms with E-state index in [0.29, 0.717) is 11.8 Å². The fraction of sp³-hybridized carbons (Fsp3) is 1.00. The van der Waals surface area contributed by atoms with E-state index in [0.717, 1.165) is 19.4 Å². The molecule has 0 radical (unpaired) electrons. The van der Waals surface area contributed by atoms with Crippen LogP contribution in [-0.4, -0.2) is 18.1 Å². The van der Waals surface area contributed by atoms with Crippen molar-refractivity contribution in [3.8, 4) is 0 Å². The summed E-state index contributed by atoms with van der Waals surface area (Å²) in [5.74, 6) is 1.35. The normalized spacial score (nSPS) is 37.9. The van der Waals surface area contributed by atoms with Crippen LogP contribution in [-0.2, 0) is 4.74 Å². The molecule has 1 heterocycles. The lowest BCUT2D eigenvalue weighted by molar-refractivity contribution is 0.0148. The largest absolute Gasteiger partial charge is 0.373 e. The Morgan fingerprint density at radius 1 is 1.64 bits per heavy atom. The molecular weight excluding hydrogens is 160 g/mol. The molecule has 0 saturated carbocycles. The first-order valence-corrected chi connectivity index (χ1v) is 4.96. The minimum Gasteiger partial charge on any atom is -0.373 e. The van der Waals surface area contributed by atoms with Crippen molar-refractivity contribution in [2.75, 3.05) is 12.5 Å². The second-order valence-electron chi connectivity index (χ2n) is 3.69. The second-order valence-corrected chi connectivity index (χ2v) is 3.95. The summed E-state index contributed by atoms with van der Waals surface area (Å²) in [5.41, 5.74) is 0.0235. The van der Waals surface area contributed by atoms with Gasteiger partial charge in [-0.2, -0.15) is 0 Å². The van der Waals surface area contributed by atoms with Crippen LogP contribution in [0.5, 0.6) is 0 Å². The fourth-order valence-corrected chi connectivity index (χ4v) is 2.18. The lowest BCUT2D eigenvalue weighted by atomic mass is 9.93. The topological polar surface area (TPSA) is 9.23 Å². The van der Waals surface area contributed by atoms with Crippen molar-refractivity contribution < 1.29 is 4.74 Å². The van der Waals surface area contributed by atoms with E-state index in [9.17, 15) is 0 Å². The van der Waals surface area contributed by atoms with E-state index in [-0.39, 0.29) is 5.60 Å². The molecule has 0 aromatic rings. The van der Waals surface area contributed by atoms with Crippen molar-refractivity contribution in [1.82, 2.24) is 0 Å². The molecule has 0 spiro atoms. The van der Waals surface area contributed by atoms with Gasteiger partial charge in [-0.1, -0.05) is 20.3 Å². The van der Waals surface area contributed by atoms with Crippen LogP contribution in [0.15, 0.2) is 0 Å². The highest BCUT2D eigenvalue weighted by Gasteiger charge is 2.36. The summed E-state index contributed by atoms with van der Waals surface area (Å²) in [6.45, 7) is 5.30. The maximum absolute atomic E-state index is 5.88. The van der Waals surface area contributed by atoms with E-state index in [1.807, 2.05) is 0 Å². The predicted molar refractivity (Wildman–Crippen MR) is 48.1 cm³/mol. The quantitative estimate of drug-likeness (QED) is 0.601. The zero-order chi connectivity index (χ0) is 8.32. The molecule has 66 valence electrons. The van der Waals surface area contributed by atoms with Gasteiger partial charge in [0.25, 0.3) is 0 Å². The predicted octanol–water partition coefficient (Wildman–Crippen LogP) is 2.82. The molecule has 2 atom stereocenters. The molecule has 0 N–H and O–H groups in total. The summed E-state index contributed by atoms with van der Waals surface area (Å²) in [5, 5.41) is 0. The standard InChI is InChI=1S/C9H17ClO/c1-3-4-9(7-10)5-8(2)6-11-9/h8H,3-7H2,1-2H3. The molecule has 0 aromatic carbocycles. The Bertz CT molecular complexity index is 123. The summed E-state index contributed by atoms with van der Waals surface area (Å²) in [6, 6.07) is 0. The van der Waals surface area contributed by atoms with Gasteiger partial charge in [-0.3, -0.25) is 0 Å². The molecule has 2 heteroatoms. The average molecular weight is 177 g/mol. The van der Waals surface area contributed by atoms with Gasteiger partial charge in [-0.25, -0.2) is 0 Å². The van der Waals surface area contributed by atoms with Gasteiger partial charge in [0.2, 0.25) is 0 Å². The van der Waals surface area contributed by atoms with Crippen molar-refractivity contribution in [2.24, 2.45) is 5.92 Å². The Kier molecular flexibility index (Phi) is 3.20. The summed E-state index contributed by atoms with van der Waals surface area (Å²) in [6.07, 6.45) is 3.42. The molecule has 1 nitrogen and oxygen atoms in total. The van der Waals surface area contributed by atoms with Crippen LogP contribution in [0.4, 0.5) is 0 Å². The summed E-state index contributed by atoms with van der Waals surface area (Å²) >= 11 is 5.88. The van der Waals surface area contributed by atoms with Crippen LogP contribution >= 0.6 is 11.6 Å². The monoisotopic (exact) mass is 176 g/mol. The van der Waals surface area contributed by atoms with Gasteiger partial charge in [0.05, 0.1) is 18.1 Å². The molecule has 0 bridgehead atoms. The summed E-state index contributed by atoms with van der Waals surface area (Å²) in [7, 11) is 0. The lowest BCUT2D eigenvalue weighted by Crippen LogP contribution is -2.29. The second kappa shape index (κ2) is 3.77. The van der Waals surface area contributed by atoms with Gasteiger partial charge in [0.15, 0.2) is 0 Å². The number of halogens is 1. The van der Waals surface area contributed by atoms with E-state index < -0.39 is 0 Å². The molecular formula is C9H17ClO. The highest BCUT2D eigenvalue weighted by Crippen LogP contribution is 2.34. The van der Waals surface area contributed by atoms with Crippen LogP contribution in [0.25, 0.3) is 0 Å². The Hall–Kier alpha value is 0.250. The Balaban J connectivity index is 2.48. The minimum atomic E-state index is 0.0235. The lowest BCUT2D eigenvalue weighted by Gasteiger charge is -2.24.